The number of carbonyl (C=O) groups is 2. The SMILES string of the molecule is CCc1ccc(Oc2nc3ccccc3n3c(=O)n(CC(=O)Nc4ccc(C(=O)OC)cc4)nc23)cc1. The van der Waals surface area contributed by atoms with Crippen LogP contribution in [0.1, 0.15) is 22.8 Å². The van der Waals surface area contributed by atoms with Crippen molar-refractivity contribution in [2.45, 2.75) is 19.9 Å². The number of nitrogens with zero attached hydrogens (tertiary/aromatic N) is 4. The summed E-state index contributed by atoms with van der Waals surface area (Å²) in [5, 5.41) is 7.08. The predicted molar refractivity (Wildman–Crippen MR) is 137 cm³/mol. The van der Waals surface area contributed by atoms with Crippen LogP contribution in [0.25, 0.3) is 16.7 Å². The molecule has 5 aromatic rings. The maximum absolute atomic E-state index is 13.3. The maximum atomic E-state index is 13.3. The number of amides is 1. The number of carbonyl (C=O) groups excluding carboxylic acids is 2. The highest BCUT2D eigenvalue weighted by molar-refractivity contribution is 5.93. The van der Waals surface area contributed by atoms with Gasteiger partial charge in [-0.3, -0.25) is 4.79 Å². The van der Waals surface area contributed by atoms with Gasteiger partial charge in [0.25, 0.3) is 5.88 Å². The third kappa shape index (κ3) is 4.76. The first-order chi connectivity index (χ1) is 18.0. The zero-order chi connectivity index (χ0) is 25.9. The monoisotopic (exact) mass is 497 g/mol. The molecule has 0 saturated carbocycles. The van der Waals surface area contributed by atoms with Crippen molar-refractivity contribution in [2.24, 2.45) is 0 Å². The molecule has 0 radical (unpaired) electrons. The summed E-state index contributed by atoms with van der Waals surface area (Å²) in [6, 6.07) is 20.9. The first-order valence-corrected chi connectivity index (χ1v) is 11.6. The molecular weight excluding hydrogens is 474 g/mol. The van der Waals surface area contributed by atoms with Crippen LogP contribution >= 0.6 is 0 Å². The fraction of sp³-hybridized carbons (Fsp3) is 0.148. The molecule has 2 heterocycles. The van der Waals surface area contributed by atoms with Gasteiger partial charge in [-0.2, -0.15) is 0 Å². The number of hydrogen-bond donors (Lipinski definition) is 1. The number of para-hydroxylation sites is 2. The third-order valence-corrected chi connectivity index (χ3v) is 5.80. The van der Waals surface area contributed by atoms with E-state index in [1.165, 1.54) is 23.6 Å². The summed E-state index contributed by atoms with van der Waals surface area (Å²) in [5.74, 6) is -0.241. The van der Waals surface area contributed by atoms with Crippen LogP contribution in [0.2, 0.25) is 0 Å². The van der Waals surface area contributed by atoms with E-state index in [0.29, 0.717) is 28.0 Å². The van der Waals surface area contributed by atoms with Gasteiger partial charge in [0, 0.05) is 5.69 Å². The molecule has 2 aromatic heterocycles. The Bertz CT molecular complexity index is 1670. The largest absolute Gasteiger partial charge is 0.465 e. The van der Waals surface area contributed by atoms with E-state index in [0.717, 1.165) is 16.7 Å². The smallest absolute Gasteiger partial charge is 0.351 e. The molecule has 37 heavy (non-hydrogen) atoms. The third-order valence-electron chi connectivity index (χ3n) is 5.80. The van der Waals surface area contributed by atoms with Crippen LogP contribution in [0, 0.1) is 0 Å². The van der Waals surface area contributed by atoms with E-state index in [-0.39, 0.29) is 18.1 Å². The van der Waals surface area contributed by atoms with Gasteiger partial charge in [-0.15, -0.1) is 5.10 Å². The molecule has 1 amide bonds. The lowest BCUT2D eigenvalue weighted by atomic mass is 10.2. The Labute approximate surface area is 211 Å². The highest BCUT2D eigenvalue weighted by Crippen LogP contribution is 2.26. The average molecular weight is 498 g/mol. The number of ether oxygens (including phenoxy) is 2. The van der Waals surface area contributed by atoms with Gasteiger partial charge in [-0.05, 0) is 60.5 Å². The van der Waals surface area contributed by atoms with E-state index < -0.39 is 17.6 Å². The van der Waals surface area contributed by atoms with Crippen LogP contribution < -0.4 is 15.7 Å². The molecule has 0 aliphatic rings. The number of fused-ring (bicyclic) bond motifs is 3. The average Bonchev–Trinajstić information content (AvgIpc) is 3.25. The van der Waals surface area contributed by atoms with Crippen molar-refractivity contribution in [1.82, 2.24) is 19.2 Å². The maximum Gasteiger partial charge on any atom is 0.351 e. The molecule has 0 spiro atoms. The molecule has 0 saturated heterocycles. The minimum Gasteiger partial charge on any atom is -0.465 e. The number of aryl methyl sites for hydroxylation is 1. The van der Waals surface area contributed by atoms with E-state index in [1.807, 2.05) is 30.3 Å². The number of esters is 1. The molecule has 5 rings (SSSR count). The van der Waals surface area contributed by atoms with Gasteiger partial charge < -0.3 is 14.8 Å². The lowest BCUT2D eigenvalue weighted by molar-refractivity contribution is -0.117. The van der Waals surface area contributed by atoms with Crippen LogP contribution in [-0.2, 0) is 22.5 Å². The standard InChI is InChI=1S/C27H23N5O5/c1-3-17-8-14-20(15-9-17)37-25-24-30-31(27(35)32(24)22-7-5-4-6-21(22)29-25)16-23(33)28-19-12-10-18(11-13-19)26(34)36-2/h4-15H,3,16H2,1-2H3,(H,28,33). The Morgan fingerprint density at radius 3 is 2.41 bits per heavy atom. The molecule has 10 nitrogen and oxygen atoms in total. The van der Waals surface area contributed by atoms with Gasteiger partial charge in [0.1, 0.15) is 12.3 Å². The summed E-state index contributed by atoms with van der Waals surface area (Å²) >= 11 is 0. The van der Waals surface area contributed by atoms with Crippen molar-refractivity contribution in [2.75, 3.05) is 12.4 Å². The molecule has 0 fully saturated rings. The number of anilines is 1. The summed E-state index contributed by atoms with van der Waals surface area (Å²) in [7, 11) is 1.29. The topological polar surface area (TPSA) is 117 Å². The van der Waals surface area contributed by atoms with E-state index in [9.17, 15) is 14.4 Å². The molecule has 3 aromatic carbocycles. The second-order valence-corrected chi connectivity index (χ2v) is 8.22. The minimum absolute atomic E-state index is 0.151. The van der Waals surface area contributed by atoms with Crippen LogP contribution in [0.3, 0.4) is 0 Å². The highest BCUT2D eigenvalue weighted by atomic mass is 16.5. The van der Waals surface area contributed by atoms with E-state index in [4.69, 9.17) is 4.74 Å². The summed E-state index contributed by atoms with van der Waals surface area (Å²) in [6.45, 7) is 1.73. The molecule has 0 bridgehead atoms. The normalized spacial score (nSPS) is 11.0. The van der Waals surface area contributed by atoms with Crippen LogP contribution in [-0.4, -0.2) is 38.2 Å². The zero-order valence-electron chi connectivity index (χ0n) is 20.2. The molecule has 10 heteroatoms. The second-order valence-electron chi connectivity index (χ2n) is 8.22. The van der Waals surface area contributed by atoms with Gasteiger partial charge in [0.2, 0.25) is 11.6 Å². The number of rotatable bonds is 7. The van der Waals surface area contributed by atoms with Crippen molar-refractivity contribution in [3.63, 3.8) is 0 Å². The Kier molecular flexibility index (Phi) is 6.38. The van der Waals surface area contributed by atoms with Gasteiger partial charge >= 0.3 is 11.7 Å². The Morgan fingerprint density at radius 1 is 0.973 bits per heavy atom. The lowest BCUT2D eigenvalue weighted by Crippen LogP contribution is -2.28. The first kappa shape index (κ1) is 23.7. The fourth-order valence-corrected chi connectivity index (χ4v) is 3.89. The van der Waals surface area contributed by atoms with E-state index in [2.05, 4.69) is 27.1 Å². The summed E-state index contributed by atoms with van der Waals surface area (Å²) in [4.78, 5) is 42.2. The minimum atomic E-state index is -0.504. The highest BCUT2D eigenvalue weighted by Gasteiger charge is 2.19. The fourth-order valence-electron chi connectivity index (χ4n) is 3.89. The van der Waals surface area contributed by atoms with Crippen molar-refractivity contribution in [3.05, 3.63) is 94.4 Å². The zero-order valence-corrected chi connectivity index (χ0v) is 20.2. The van der Waals surface area contributed by atoms with Crippen LogP contribution in [0.15, 0.2) is 77.6 Å². The van der Waals surface area contributed by atoms with Crippen molar-refractivity contribution in [3.8, 4) is 11.6 Å². The second kappa shape index (κ2) is 9.94. The van der Waals surface area contributed by atoms with E-state index >= 15 is 0 Å². The van der Waals surface area contributed by atoms with Crippen molar-refractivity contribution >= 4 is 34.2 Å². The molecule has 0 aliphatic heterocycles. The molecule has 0 aliphatic carbocycles. The number of aromatic nitrogens is 4. The Balaban J connectivity index is 1.47. The van der Waals surface area contributed by atoms with Crippen LogP contribution in [0.4, 0.5) is 5.69 Å². The molecular formula is C27H23N5O5. The molecule has 186 valence electrons. The van der Waals surface area contributed by atoms with E-state index in [1.54, 1.807) is 30.3 Å². The quantitative estimate of drug-likeness (QED) is 0.340. The number of hydrogen-bond acceptors (Lipinski definition) is 7. The van der Waals surface area contributed by atoms with Gasteiger partial charge in [0.15, 0.2) is 0 Å². The number of methoxy groups -OCH3 is 1. The summed E-state index contributed by atoms with van der Waals surface area (Å²) in [5.41, 5.74) is 2.76. The predicted octanol–water partition coefficient (Wildman–Crippen LogP) is 3.82. The Hall–Kier alpha value is -4.99. The van der Waals surface area contributed by atoms with Gasteiger partial charge in [-0.1, -0.05) is 31.2 Å². The van der Waals surface area contributed by atoms with Gasteiger partial charge in [0.05, 0.1) is 23.7 Å². The molecule has 1 N–H and O–H groups in total. The van der Waals surface area contributed by atoms with Crippen LogP contribution in [0.5, 0.6) is 11.6 Å². The first-order valence-electron chi connectivity index (χ1n) is 11.6. The summed E-state index contributed by atoms with van der Waals surface area (Å²) < 4.78 is 13.1. The number of nitrogens with one attached hydrogen (secondary N) is 1. The molecule has 0 atom stereocenters. The lowest BCUT2D eigenvalue weighted by Gasteiger charge is -2.08. The van der Waals surface area contributed by atoms with Crippen molar-refractivity contribution < 1.29 is 19.1 Å². The Morgan fingerprint density at radius 2 is 1.70 bits per heavy atom. The van der Waals surface area contributed by atoms with Crippen molar-refractivity contribution in [1.29, 1.82) is 0 Å². The molecule has 0 unspecified atom stereocenters. The summed E-state index contributed by atoms with van der Waals surface area (Å²) in [6.07, 6.45) is 0.899. The van der Waals surface area contributed by atoms with Gasteiger partial charge in [-0.25, -0.2) is 23.7 Å². The number of benzene rings is 3.